The Kier molecular flexibility index (Phi) is 5.42. The zero-order valence-electron chi connectivity index (χ0n) is 13.7. The van der Waals surface area contributed by atoms with Gasteiger partial charge in [-0.05, 0) is 17.9 Å². The van der Waals surface area contributed by atoms with E-state index in [1.807, 2.05) is 4.90 Å². The summed E-state index contributed by atoms with van der Waals surface area (Å²) in [6.07, 6.45) is 1.44. The molecule has 2 fully saturated rings. The van der Waals surface area contributed by atoms with Crippen molar-refractivity contribution in [2.24, 2.45) is 5.92 Å². The zero-order chi connectivity index (χ0) is 16.9. The first-order chi connectivity index (χ1) is 11.6. The Balaban J connectivity index is 1.45. The predicted octanol–water partition coefficient (Wildman–Crippen LogP) is 1.32. The van der Waals surface area contributed by atoms with Gasteiger partial charge in [0.05, 0.1) is 18.0 Å². The molecule has 130 valence electrons. The van der Waals surface area contributed by atoms with Crippen LogP contribution in [0.5, 0.6) is 0 Å². The molecule has 0 N–H and O–H groups in total. The van der Waals surface area contributed by atoms with Crippen LogP contribution < -0.4 is 0 Å². The van der Waals surface area contributed by atoms with E-state index in [1.54, 1.807) is 12.1 Å². The fraction of sp³-hybridized carbons (Fsp3) is 0.588. The smallest absolute Gasteiger partial charge is 0.269 e. The monoisotopic (exact) mass is 333 g/mol. The van der Waals surface area contributed by atoms with Gasteiger partial charge in [-0.15, -0.1) is 0 Å². The average molecular weight is 333 g/mol. The van der Waals surface area contributed by atoms with E-state index in [4.69, 9.17) is 4.74 Å². The molecule has 0 aromatic heterocycles. The largest absolute Gasteiger partial charge is 0.381 e. The minimum absolute atomic E-state index is 0.0516. The summed E-state index contributed by atoms with van der Waals surface area (Å²) in [7, 11) is 0. The zero-order valence-corrected chi connectivity index (χ0v) is 13.7. The topological polar surface area (TPSA) is 75.9 Å². The minimum atomic E-state index is -0.430. The number of amides is 1. The average Bonchev–Trinajstić information content (AvgIpc) is 3.09. The fourth-order valence-electron chi connectivity index (χ4n) is 3.29. The second-order valence-corrected chi connectivity index (χ2v) is 6.51. The van der Waals surface area contributed by atoms with Gasteiger partial charge in [0.1, 0.15) is 0 Å². The summed E-state index contributed by atoms with van der Waals surface area (Å²) in [5.41, 5.74) is 0.867. The highest BCUT2D eigenvalue weighted by Gasteiger charge is 2.24. The highest BCUT2D eigenvalue weighted by molar-refractivity contribution is 5.79. The first-order valence-corrected chi connectivity index (χ1v) is 8.43. The van der Waals surface area contributed by atoms with E-state index in [0.29, 0.717) is 12.3 Å². The lowest BCUT2D eigenvalue weighted by atomic mass is 10.1. The van der Waals surface area contributed by atoms with Crippen molar-refractivity contribution in [1.82, 2.24) is 9.80 Å². The molecular weight excluding hydrogens is 310 g/mol. The van der Waals surface area contributed by atoms with Gasteiger partial charge in [-0.2, -0.15) is 0 Å². The number of nitro groups is 1. The van der Waals surface area contributed by atoms with Crippen molar-refractivity contribution in [2.45, 2.75) is 12.8 Å². The molecule has 3 rings (SSSR count). The van der Waals surface area contributed by atoms with E-state index in [9.17, 15) is 14.9 Å². The molecule has 0 aliphatic carbocycles. The van der Waals surface area contributed by atoms with Crippen molar-refractivity contribution in [3.63, 3.8) is 0 Å². The Bertz CT molecular complexity index is 576. The Labute approximate surface area is 141 Å². The molecule has 2 heterocycles. The molecule has 0 radical (unpaired) electrons. The summed E-state index contributed by atoms with van der Waals surface area (Å²) >= 11 is 0. The standard InChI is InChI=1S/C17H23N3O4/c21-17(11-14-1-3-16(4-2-14)20(22)23)19-8-6-18(7-9-19)12-15-5-10-24-13-15/h1-4,15H,5-13H2/t15-/m0/s1. The maximum absolute atomic E-state index is 12.4. The highest BCUT2D eigenvalue weighted by Crippen LogP contribution is 2.16. The van der Waals surface area contributed by atoms with Crippen LogP contribution in [0.25, 0.3) is 0 Å². The number of nitrogens with zero attached hydrogens (tertiary/aromatic N) is 3. The van der Waals surface area contributed by atoms with Gasteiger partial charge in [0.15, 0.2) is 0 Å². The maximum Gasteiger partial charge on any atom is 0.269 e. The Hall–Kier alpha value is -1.99. The number of nitro benzene ring substituents is 1. The molecule has 1 aromatic carbocycles. The highest BCUT2D eigenvalue weighted by atomic mass is 16.6. The second-order valence-electron chi connectivity index (χ2n) is 6.51. The number of hydrogen-bond donors (Lipinski definition) is 0. The molecule has 2 aliphatic rings. The molecule has 1 atom stereocenters. The van der Waals surface area contributed by atoms with Crippen LogP contribution in [0, 0.1) is 16.0 Å². The van der Waals surface area contributed by atoms with Crippen LogP contribution in [-0.2, 0) is 16.0 Å². The van der Waals surface area contributed by atoms with Crippen molar-refractivity contribution in [2.75, 3.05) is 45.9 Å². The first kappa shape index (κ1) is 16.9. The van der Waals surface area contributed by atoms with Gasteiger partial charge in [-0.1, -0.05) is 12.1 Å². The molecule has 0 spiro atoms. The van der Waals surface area contributed by atoms with Crippen LogP contribution in [0.4, 0.5) is 5.69 Å². The Morgan fingerprint density at radius 1 is 1.21 bits per heavy atom. The van der Waals surface area contributed by atoms with Crippen LogP contribution in [0.1, 0.15) is 12.0 Å². The second kappa shape index (κ2) is 7.72. The third kappa shape index (κ3) is 4.30. The molecule has 2 saturated heterocycles. The van der Waals surface area contributed by atoms with Gasteiger partial charge in [0.2, 0.25) is 5.91 Å². The van der Waals surface area contributed by atoms with Crippen molar-refractivity contribution in [1.29, 1.82) is 0 Å². The fourth-order valence-corrected chi connectivity index (χ4v) is 3.29. The summed E-state index contributed by atoms with van der Waals surface area (Å²) in [6, 6.07) is 6.22. The lowest BCUT2D eigenvalue weighted by Crippen LogP contribution is -2.50. The van der Waals surface area contributed by atoms with Gasteiger partial charge in [-0.3, -0.25) is 19.8 Å². The summed E-state index contributed by atoms with van der Waals surface area (Å²) in [4.78, 5) is 26.9. The van der Waals surface area contributed by atoms with Gasteiger partial charge in [-0.25, -0.2) is 0 Å². The van der Waals surface area contributed by atoms with Crippen molar-refractivity contribution < 1.29 is 14.5 Å². The van der Waals surface area contributed by atoms with E-state index in [1.165, 1.54) is 12.1 Å². The quantitative estimate of drug-likeness (QED) is 0.600. The number of carbonyl (C=O) groups excluding carboxylic acids is 1. The third-order valence-electron chi connectivity index (χ3n) is 4.77. The van der Waals surface area contributed by atoms with Crippen LogP contribution in [0.2, 0.25) is 0 Å². The van der Waals surface area contributed by atoms with E-state index in [-0.39, 0.29) is 11.6 Å². The van der Waals surface area contributed by atoms with Crippen molar-refractivity contribution in [3.8, 4) is 0 Å². The van der Waals surface area contributed by atoms with E-state index in [0.717, 1.165) is 57.9 Å². The van der Waals surface area contributed by atoms with Gasteiger partial charge in [0, 0.05) is 51.5 Å². The van der Waals surface area contributed by atoms with Crippen molar-refractivity contribution >= 4 is 11.6 Å². The number of hydrogen-bond acceptors (Lipinski definition) is 5. The van der Waals surface area contributed by atoms with Gasteiger partial charge in [0.25, 0.3) is 5.69 Å². The minimum Gasteiger partial charge on any atom is -0.381 e. The summed E-state index contributed by atoms with van der Waals surface area (Å²) in [6.45, 7) is 6.10. The lowest BCUT2D eigenvalue weighted by Gasteiger charge is -2.35. The van der Waals surface area contributed by atoms with Crippen LogP contribution in [0.3, 0.4) is 0 Å². The summed E-state index contributed by atoms with van der Waals surface area (Å²) in [5.74, 6) is 0.722. The normalized spacial score (nSPS) is 21.8. The number of carbonyl (C=O) groups is 1. The number of ether oxygens (including phenoxy) is 1. The third-order valence-corrected chi connectivity index (χ3v) is 4.77. The van der Waals surface area contributed by atoms with Crippen LogP contribution >= 0.6 is 0 Å². The van der Waals surface area contributed by atoms with Crippen LogP contribution in [0.15, 0.2) is 24.3 Å². The molecule has 0 saturated carbocycles. The summed E-state index contributed by atoms with van der Waals surface area (Å²) in [5, 5.41) is 10.7. The number of non-ortho nitro benzene ring substituents is 1. The number of piperazine rings is 1. The SMILES string of the molecule is O=C(Cc1ccc([N+](=O)[O-])cc1)N1CCN(C[C@@H]2CCOC2)CC1. The summed E-state index contributed by atoms with van der Waals surface area (Å²) < 4.78 is 5.41. The molecule has 24 heavy (non-hydrogen) atoms. The molecule has 7 heteroatoms. The van der Waals surface area contributed by atoms with Crippen molar-refractivity contribution in [3.05, 3.63) is 39.9 Å². The van der Waals surface area contributed by atoms with Crippen LogP contribution in [-0.4, -0.2) is 66.6 Å². The van der Waals surface area contributed by atoms with Gasteiger partial charge < -0.3 is 9.64 Å². The van der Waals surface area contributed by atoms with E-state index >= 15 is 0 Å². The number of benzene rings is 1. The Morgan fingerprint density at radius 3 is 2.50 bits per heavy atom. The molecular formula is C17H23N3O4. The number of rotatable bonds is 5. The molecule has 1 aromatic rings. The maximum atomic E-state index is 12.4. The first-order valence-electron chi connectivity index (χ1n) is 8.43. The van der Waals surface area contributed by atoms with E-state index < -0.39 is 4.92 Å². The lowest BCUT2D eigenvalue weighted by molar-refractivity contribution is -0.384. The Morgan fingerprint density at radius 2 is 1.92 bits per heavy atom. The van der Waals surface area contributed by atoms with Gasteiger partial charge >= 0.3 is 0 Å². The molecule has 2 aliphatic heterocycles. The predicted molar refractivity (Wildman–Crippen MR) is 88.7 cm³/mol. The molecule has 0 bridgehead atoms. The molecule has 1 amide bonds. The van der Waals surface area contributed by atoms with E-state index in [2.05, 4.69) is 4.90 Å². The molecule has 0 unspecified atom stereocenters. The molecule has 7 nitrogen and oxygen atoms in total.